The minimum absolute atomic E-state index is 0.00949. The van der Waals surface area contributed by atoms with Crippen LogP contribution in [0, 0.1) is 6.92 Å². The molecule has 0 amide bonds. The molecule has 232 valence electrons. The second-order valence-electron chi connectivity index (χ2n) is 11.0. The first-order valence-corrected chi connectivity index (χ1v) is 16.9. The summed E-state index contributed by atoms with van der Waals surface area (Å²) in [5.74, 6) is 0. The van der Waals surface area contributed by atoms with Gasteiger partial charge < -0.3 is 18.3 Å². The van der Waals surface area contributed by atoms with Crippen molar-refractivity contribution in [1.29, 1.82) is 0 Å². The molecular formula is C30H54FN2O6P. The van der Waals surface area contributed by atoms with Crippen molar-refractivity contribution in [3.05, 3.63) is 32.6 Å². The van der Waals surface area contributed by atoms with Crippen LogP contribution in [-0.4, -0.2) is 41.6 Å². The van der Waals surface area contributed by atoms with E-state index in [2.05, 4.69) is 18.8 Å². The number of nitrogens with zero attached hydrogens (tertiary/aromatic N) is 1. The zero-order valence-corrected chi connectivity index (χ0v) is 26.1. The molecule has 1 saturated heterocycles. The summed E-state index contributed by atoms with van der Waals surface area (Å²) in [6.07, 6.45) is 17.9. The number of alkyl halides is 1. The molecule has 1 aromatic rings. The average molecular weight is 589 g/mol. The minimum Gasteiger partial charge on any atom is -0.349 e. The number of unbranched alkanes of at least 4 members (excludes halogenated alkanes) is 14. The Morgan fingerprint density at radius 1 is 0.850 bits per heavy atom. The highest BCUT2D eigenvalue weighted by atomic mass is 31.2. The van der Waals surface area contributed by atoms with Crippen LogP contribution < -0.4 is 11.2 Å². The topological polar surface area (TPSA) is 91.8 Å². The second kappa shape index (κ2) is 21.6. The van der Waals surface area contributed by atoms with E-state index in [0.29, 0.717) is 18.8 Å². The van der Waals surface area contributed by atoms with Crippen molar-refractivity contribution < 1.29 is 22.7 Å². The van der Waals surface area contributed by atoms with Gasteiger partial charge in [-0.15, -0.1) is 0 Å². The molecule has 3 atom stereocenters. The van der Waals surface area contributed by atoms with Crippen LogP contribution in [0.5, 0.6) is 0 Å². The molecule has 0 bridgehead atoms. The van der Waals surface area contributed by atoms with Crippen molar-refractivity contribution in [2.24, 2.45) is 0 Å². The number of halogens is 1. The van der Waals surface area contributed by atoms with Gasteiger partial charge in [0, 0.05) is 18.2 Å². The monoisotopic (exact) mass is 588 g/mol. The zero-order valence-electron chi connectivity index (χ0n) is 25.2. The summed E-state index contributed by atoms with van der Waals surface area (Å²) >= 11 is 0. The van der Waals surface area contributed by atoms with E-state index in [0.717, 1.165) is 25.7 Å². The van der Waals surface area contributed by atoms with Crippen LogP contribution in [-0.2, 0) is 18.3 Å². The van der Waals surface area contributed by atoms with Crippen molar-refractivity contribution in [3.63, 3.8) is 0 Å². The molecule has 1 aliphatic rings. The first-order chi connectivity index (χ1) is 19.5. The maximum atomic E-state index is 14.8. The number of nitrogens with one attached hydrogen (secondary N) is 1. The van der Waals surface area contributed by atoms with Crippen molar-refractivity contribution in [1.82, 2.24) is 9.55 Å². The molecule has 2 heterocycles. The Kier molecular flexibility index (Phi) is 18.9. The number of rotatable bonds is 24. The second-order valence-corrected chi connectivity index (χ2v) is 12.2. The lowest BCUT2D eigenvalue weighted by Crippen LogP contribution is -2.33. The van der Waals surface area contributed by atoms with Crippen LogP contribution in [0.25, 0.3) is 0 Å². The summed E-state index contributed by atoms with van der Waals surface area (Å²) < 4.78 is 39.7. The highest BCUT2D eigenvalue weighted by Gasteiger charge is 2.38. The normalized spacial score (nSPS) is 19.2. The number of ether oxygens (including phenoxy) is 1. The third-order valence-electron chi connectivity index (χ3n) is 7.35. The van der Waals surface area contributed by atoms with Gasteiger partial charge in [-0.2, -0.15) is 0 Å². The van der Waals surface area contributed by atoms with Crippen LogP contribution >= 0.6 is 8.60 Å². The van der Waals surface area contributed by atoms with Crippen LogP contribution in [0.1, 0.15) is 135 Å². The molecule has 8 nitrogen and oxygen atoms in total. The molecule has 10 heteroatoms. The fraction of sp³-hybridized carbons (Fsp3) is 0.867. The molecule has 0 spiro atoms. The lowest BCUT2D eigenvalue weighted by molar-refractivity contribution is -0.0346. The Hall–Kier alpha value is -1.12. The van der Waals surface area contributed by atoms with Gasteiger partial charge in [0.15, 0.2) is 0 Å². The predicted octanol–water partition coefficient (Wildman–Crippen LogP) is 8.03. The van der Waals surface area contributed by atoms with Gasteiger partial charge in [0.25, 0.3) is 5.56 Å². The first-order valence-electron chi connectivity index (χ1n) is 15.8. The molecule has 1 aliphatic heterocycles. The van der Waals surface area contributed by atoms with Crippen molar-refractivity contribution in [3.8, 4) is 0 Å². The van der Waals surface area contributed by atoms with Gasteiger partial charge in [-0.1, -0.05) is 104 Å². The fourth-order valence-electron chi connectivity index (χ4n) is 4.81. The Morgan fingerprint density at radius 3 is 1.88 bits per heavy atom. The number of hydrogen-bond acceptors (Lipinski definition) is 6. The summed E-state index contributed by atoms with van der Waals surface area (Å²) in [5, 5.41) is 0. The average Bonchev–Trinajstić information content (AvgIpc) is 3.31. The van der Waals surface area contributed by atoms with Crippen LogP contribution in [0.2, 0.25) is 0 Å². The molecule has 1 N–H and O–H groups in total. The van der Waals surface area contributed by atoms with Crippen molar-refractivity contribution >= 4 is 8.60 Å². The fourth-order valence-corrected chi connectivity index (χ4v) is 5.85. The van der Waals surface area contributed by atoms with Gasteiger partial charge in [0.1, 0.15) is 18.5 Å². The molecule has 0 aromatic carbocycles. The third-order valence-corrected chi connectivity index (χ3v) is 8.50. The summed E-state index contributed by atoms with van der Waals surface area (Å²) in [5.41, 5.74) is -0.701. The number of aryl methyl sites for hydroxylation is 1. The molecule has 0 radical (unpaired) electrons. The standard InChI is InChI=1S/C30H54FN2O6P/c1-4-6-8-10-12-14-16-18-20-36-40(37-21-19-17-15-13-11-9-7-5-2)38-24-27-26(31)22-28(39-27)33-23-25(3)29(34)32-30(33)35/h23,26-28H,4-22,24H2,1-3H3,(H,32,34,35)/t26-,27+,28+/m0/s1. The minimum atomic E-state index is -1.61. The summed E-state index contributed by atoms with van der Waals surface area (Å²) in [6, 6.07) is 0. The summed E-state index contributed by atoms with van der Waals surface area (Å²) in [6.45, 7) is 7.14. The Bertz CT molecular complexity index is 876. The molecule has 0 aliphatic carbocycles. The number of H-pyrrole nitrogens is 1. The van der Waals surface area contributed by atoms with Gasteiger partial charge in [0.2, 0.25) is 0 Å². The molecule has 1 fully saturated rings. The summed E-state index contributed by atoms with van der Waals surface area (Å²) in [7, 11) is -1.61. The van der Waals surface area contributed by atoms with Gasteiger partial charge in [-0.05, 0) is 19.8 Å². The molecule has 1 aromatic heterocycles. The highest BCUT2D eigenvalue weighted by Crippen LogP contribution is 2.42. The van der Waals surface area contributed by atoms with Crippen LogP contribution in [0.4, 0.5) is 4.39 Å². The van der Waals surface area contributed by atoms with Gasteiger partial charge in [-0.3, -0.25) is 14.3 Å². The maximum Gasteiger partial charge on any atom is 0.332 e. The molecule has 40 heavy (non-hydrogen) atoms. The van der Waals surface area contributed by atoms with Gasteiger partial charge >= 0.3 is 14.3 Å². The van der Waals surface area contributed by atoms with Gasteiger partial charge in [-0.25, -0.2) is 9.18 Å². The van der Waals surface area contributed by atoms with Crippen molar-refractivity contribution in [2.75, 3.05) is 19.8 Å². The van der Waals surface area contributed by atoms with E-state index in [1.807, 2.05) is 0 Å². The molecular weight excluding hydrogens is 534 g/mol. The molecule has 0 saturated carbocycles. The summed E-state index contributed by atoms with van der Waals surface area (Å²) in [4.78, 5) is 26.1. The SMILES string of the molecule is CCCCCCCCCCOP(OCCCCCCCCCC)OC[C@H]1O[C@@H](n2cc(C)c(=O)[nH]c2=O)C[C@@H]1F. The van der Waals surface area contributed by atoms with Crippen LogP contribution in [0.3, 0.4) is 0 Å². The maximum absolute atomic E-state index is 14.8. The van der Waals surface area contributed by atoms with E-state index < -0.39 is 38.4 Å². The Labute approximate surface area is 241 Å². The quantitative estimate of drug-likeness (QED) is 0.0971. The van der Waals surface area contributed by atoms with E-state index in [9.17, 15) is 14.0 Å². The molecule has 2 rings (SSSR count). The number of hydrogen-bond donors (Lipinski definition) is 1. The lowest BCUT2D eigenvalue weighted by atomic mass is 10.1. The van der Waals surface area contributed by atoms with Gasteiger partial charge in [0.05, 0.1) is 19.8 Å². The zero-order chi connectivity index (χ0) is 29.0. The highest BCUT2D eigenvalue weighted by molar-refractivity contribution is 7.41. The number of aromatic amines is 1. The Morgan fingerprint density at radius 2 is 1.35 bits per heavy atom. The Balaban J connectivity index is 1.76. The van der Waals surface area contributed by atoms with E-state index in [-0.39, 0.29) is 13.0 Å². The smallest absolute Gasteiger partial charge is 0.332 e. The largest absolute Gasteiger partial charge is 0.349 e. The van der Waals surface area contributed by atoms with Crippen molar-refractivity contribution in [2.45, 2.75) is 148 Å². The van der Waals surface area contributed by atoms with E-state index in [1.54, 1.807) is 6.92 Å². The predicted molar refractivity (Wildman–Crippen MR) is 159 cm³/mol. The van der Waals surface area contributed by atoms with E-state index in [4.69, 9.17) is 18.3 Å². The first kappa shape index (κ1) is 35.1. The van der Waals surface area contributed by atoms with E-state index in [1.165, 1.54) is 87.8 Å². The lowest BCUT2D eigenvalue weighted by Gasteiger charge is -2.20. The van der Waals surface area contributed by atoms with E-state index >= 15 is 0 Å². The third kappa shape index (κ3) is 14.2. The molecule has 0 unspecified atom stereocenters. The number of aromatic nitrogens is 2. The van der Waals surface area contributed by atoms with Crippen LogP contribution in [0.15, 0.2) is 15.8 Å².